The van der Waals surface area contributed by atoms with Crippen LogP contribution in [0.3, 0.4) is 0 Å². The molecule has 2 aromatic rings. The molecule has 27 heteroatoms. The average molecular weight is 921 g/mol. The van der Waals surface area contributed by atoms with Gasteiger partial charge in [0.15, 0.2) is 0 Å². The molecule has 1 heterocycles. The first-order valence-corrected chi connectivity index (χ1v) is 19.9. The first kappa shape index (κ1) is 53.3. The molecule has 0 spiro atoms. The average Bonchev–Trinajstić information content (AvgIpc) is 3.67. The zero-order valence-corrected chi connectivity index (χ0v) is 35.0. The van der Waals surface area contributed by atoms with Crippen molar-refractivity contribution < 1.29 is 83.4 Å². The largest absolute Gasteiger partial charge is 0.481 e. The Morgan fingerprint density at radius 2 is 1.15 bits per heavy atom. The monoisotopic (exact) mass is 920 g/mol. The minimum absolute atomic E-state index is 0.0334. The zero-order chi connectivity index (χ0) is 48.6. The third kappa shape index (κ3) is 21.7. The summed E-state index contributed by atoms with van der Waals surface area (Å²) < 4.78 is 1.46. The predicted octanol–water partition coefficient (Wildman–Crippen LogP) is -2.00. The Labute approximate surface area is 369 Å². The summed E-state index contributed by atoms with van der Waals surface area (Å²) in [6.07, 6.45) is -1.98. The van der Waals surface area contributed by atoms with Crippen molar-refractivity contribution in [2.75, 3.05) is 6.54 Å². The highest BCUT2D eigenvalue weighted by Gasteiger charge is 2.32. The Balaban J connectivity index is 1.88. The van der Waals surface area contributed by atoms with Crippen molar-refractivity contribution in [2.45, 2.75) is 114 Å². The van der Waals surface area contributed by atoms with E-state index in [4.69, 9.17) is 10.2 Å². The molecule has 0 bridgehead atoms. The van der Waals surface area contributed by atoms with Gasteiger partial charge < -0.3 is 67.9 Å². The van der Waals surface area contributed by atoms with E-state index in [9.17, 15) is 73.2 Å². The molecule has 7 amide bonds. The summed E-state index contributed by atoms with van der Waals surface area (Å²) in [5.74, 6) is -11.6. The number of benzene rings is 1. The number of carboxylic acid groups (broad SMARTS) is 6. The number of aryl methyl sites for hydroxylation is 1. The van der Waals surface area contributed by atoms with Gasteiger partial charge in [0.2, 0.25) is 17.7 Å². The summed E-state index contributed by atoms with van der Waals surface area (Å²) in [4.78, 5) is 132. The van der Waals surface area contributed by atoms with Gasteiger partial charge in [-0.05, 0) is 43.7 Å². The maximum Gasteiger partial charge on any atom is 0.326 e. The Kier molecular flexibility index (Phi) is 22.3. The molecule has 0 aliphatic rings. The standard InChI is InChI=1S/C38H52N10O17/c1-2-48-19-23(46-47-48)14-22(15-30(52)53)41-33(58)27(17-32(56)57)43-34(59)26(16-31(54)55)42-28(49)13-20-6-8-21(9-7-20)18-40-37(64)39-12-4-3-5-24(35(60)61)44-38(65)45-25(36(62)63)10-11-29(50)51/h6-9,19,22,24-27H,2-5,10-18H2,1H3,(H,41,58)(H,42,49)(H,43,59)(H,50,51)(H,52,53)(H,54,55)(H,56,57)(H,60,61)(H,62,63)(H2,39,40,64)(H2,44,45,65)/t22-,24-,25-,26-,27-/m0/s1. The van der Waals surface area contributed by atoms with Gasteiger partial charge in [-0.25, -0.2) is 19.2 Å². The molecule has 0 radical (unpaired) electrons. The number of nitrogens with zero attached hydrogens (tertiary/aromatic N) is 3. The Morgan fingerprint density at radius 1 is 0.600 bits per heavy atom. The molecule has 1 aromatic carbocycles. The van der Waals surface area contributed by atoms with Gasteiger partial charge in [0.05, 0.1) is 31.4 Å². The lowest BCUT2D eigenvalue weighted by Gasteiger charge is -2.24. The molecule has 0 aliphatic heterocycles. The van der Waals surface area contributed by atoms with Crippen molar-refractivity contribution in [3.05, 3.63) is 47.3 Å². The molecule has 13 N–H and O–H groups in total. The number of nitrogens with one attached hydrogen (secondary N) is 7. The number of hydrogen-bond acceptors (Lipinski definition) is 13. The maximum absolute atomic E-state index is 13.2. The highest BCUT2D eigenvalue weighted by molar-refractivity contribution is 5.96. The van der Waals surface area contributed by atoms with Crippen LogP contribution in [-0.4, -0.2) is 148 Å². The number of aliphatic carboxylic acids is 6. The highest BCUT2D eigenvalue weighted by Crippen LogP contribution is 2.09. The van der Waals surface area contributed by atoms with E-state index in [1.54, 1.807) is 19.1 Å². The Hall–Kier alpha value is -7.87. The fourth-order valence-corrected chi connectivity index (χ4v) is 5.83. The number of unbranched alkanes of at least 4 members (excludes halogenated alkanes) is 1. The van der Waals surface area contributed by atoms with E-state index in [1.165, 1.54) is 23.0 Å². The summed E-state index contributed by atoms with van der Waals surface area (Å²) in [6.45, 7) is 2.39. The van der Waals surface area contributed by atoms with Crippen molar-refractivity contribution in [1.82, 2.24) is 52.2 Å². The Bertz CT molecular complexity index is 2030. The summed E-state index contributed by atoms with van der Waals surface area (Å²) in [6, 6.07) is -3.12. The van der Waals surface area contributed by atoms with E-state index >= 15 is 0 Å². The number of carboxylic acids is 6. The van der Waals surface area contributed by atoms with E-state index in [0.29, 0.717) is 29.8 Å². The molecular weight excluding hydrogens is 868 g/mol. The van der Waals surface area contributed by atoms with Crippen molar-refractivity contribution in [3.63, 3.8) is 0 Å². The lowest BCUT2D eigenvalue weighted by molar-refractivity contribution is -0.143. The van der Waals surface area contributed by atoms with E-state index in [1.807, 2.05) is 5.32 Å². The quantitative estimate of drug-likeness (QED) is 0.0377. The van der Waals surface area contributed by atoms with E-state index in [-0.39, 0.29) is 38.8 Å². The number of amides is 7. The van der Waals surface area contributed by atoms with Crippen molar-refractivity contribution in [3.8, 4) is 0 Å². The van der Waals surface area contributed by atoms with Gasteiger partial charge in [-0.1, -0.05) is 29.5 Å². The molecule has 0 fully saturated rings. The summed E-state index contributed by atoms with van der Waals surface area (Å²) >= 11 is 0. The molecular formula is C38H52N10O17. The highest BCUT2D eigenvalue weighted by atomic mass is 16.4. The Morgan fingerprint density at radius 3 is 1.69 bits per heavy atom. The fourth-order valence-electron chi connectivity index (χ4n) is 5.83. The van der Waals surface area contributed by atoms with E-state index in [2.05, 4.69) is 42.2 Å². The molecule has 0 unspecified atom stereocenters. The molecule has 2 rings (SSSR count). The molecule has 0 saturated heterocycles. The number of aromatic nitrogens is 3. The normalized spacial score (nSPS) is 13.0. The van der Waals surface area contributed by atoms with Crippen LogP contribution in [0.5, 0.6) is 0 Å². The van der Waals surface area contributed by atoms with Gasteiger partial charge in [0.1, 0.15) is 24.2 Å². The minimum atomic E-state index is -1.80. The van der Waals surface area contributed by atoms with Gasteiger partial charge >= 0.3 is 47.9 Å². The smallest absolute Gasteiger partial charge is 0.326 e. The molecule has 0 saturated carbocycles. The molecule has 5 atom stereocenters. The van der Waals surface area contributed by atoms with Crippen molar-refractivity contribution >= 4 is 65.6 Å². The third-order valence-corrected chi connectivity index (χ3v) is 9.07. The van der Waals surface area contributed by atoms with Crippen LogP contribution in [0.4, 0.5) is 9.59 Å². The van der Waals surface area contributed by atoms with E-state index in [0.717, 1.165) is 0 Å². The van der Waals surface area contributed by atoms with Gasteiger partial charge in [-0.2, -0.15) is 0 Å². The maximum atomic E-state index is 13.2. The third-order valence-electron chi connectivity index (χ3n) is 9.07. The molecule has 65 heavy (non-hydrogen) atoms. The zero-order valence-electron chi connectivity index (χ0n) is 35.0. The summed E-state index contributed by atoms with van der Waals surface area (Å²) in [5.41, 5.74) is 1.32. The predicted molar refractivity (Wildman–Crippen MR) is 218 cm³/mol. The van der Waals surface area contributed by atoms with Crippen LogP contribution in [0.25, 0.3) is 0 Å². The van der Waals surface area contributed by atoms with Crippen molar-refractivity contribution in [1.29, 1.82) is 0 Å². The number of carbonyl (C=O) groups is 11. The van der Waals surface area contributed by atoms with Crippen LogP contribution < -0.4 is 37.2 Å². The second kappa shape index (κ2) is 27.2. The number of rotatable bonds is 30. The first-order chi connectivity index (χ1) is 30.6. The minimum Gasteiger partial charge on any atom is -0.481 e. The second-order valence-electron chi connectivity index (χ2n) is 14.4. The van der Waals surface area contributed by atoms with Gasteiger partial charge in [0.25, 0.3) is 0 Å². The lowest BCUT2D eigenvalue weighted by Crippen LogP contribution is -2.56. The van der Waals surface area contributed by atoms with Gasteiger partial charge in [-0.15, -0.1) is 5.10 Å². The van der Waals surface area contributed by atoms with Crippen LogP contribution in [0.2, 0.25) is 0 Å². The van der Waals surface area contributed by atoms with Crippen LogP contribution in [-0.2, 0) is 69.1 Å². The van der Waals surface area contributed by atoms with Crippen LogP contribution in [0, 0.1) is 0 Å². The van der Waals surface area contributed by atoms with Crippen LogP contribution >= 0.6 is 0 Å². The summed E-state index contributed by atoms with van der Waals surface area (Å²) in [5, 5.41) is 79.4. The number of hydrogen-bond donors (Lipinski definition) is 13. The molecule has 1 aromatic heterocycles. The lowest BCUT2D eigenvalue weighted by atomic mass is 10.1. The fraction of sp³-hybridized carbons (Fsp3) is 0.500. The first-order valence-electron chi connectivity index (χ1n) is 19.9. The molecule has 27 nitrogen and oxygen atoms in total. The second-order valence-corrected chi connectivity index (χ2v) is 14.4. The van der Waals surface area contributed by atoms with Crippen LogP contribution in [0.1, 0.15) is 75.1 Å². The number of urea groups is 2. The van der Waals surface area contributed by atoms with Crippen molar-refractivity contribution in [2.24, 2.45) is 0 Å². The van der Waals surface area contributed by atoms with Crippen LogP contribution in [0.15, 0.2) is 30.5 Å². The van der Waals surface area contributed by atoms with Gasteiger partial charge in [0, 0.05) is 44.7 Å². The number of carbonyl (C=O) groups excluding carboxylic acids is 5. The topological polar surface area (TPSA) is 424 Å². The molecule has 0 aliphatic carbocycles. The van der Waals surface area contributed by atoms with Gasteiger partial charge in [-0.3, -0.25) is 38.2 Å². The summed E-state index contributed by atoms with van der Waals surface area (Å²) in [7, 11) is 0. The van der Waals surface area contributed by atoms with E-state index < -0.39 is 128 Å². The SMILES string of the molecule is CCn1cc(C[C@@H](CC(=O)O)NC(=O)[C@H](CC(=O)O)NC(=O)[C@H](CC(=O)O)NC(=O)Cc2ccc(CNC(=O)NCCCC[C@H](NC(=O)N[C@@H](CCC(=O)O)C(=O)O)C(=O)O)cc2)nn1. The molecule has 356 valence electrons.